The highest BCUT2D eigenvalue weighted by Crippen LogP contribution is 2.49. The lowest BCUT2D eigenvalue weighted by molar-refractivity contribution is -0.151. The second-order valence-electron chi connectivity index (χ2n) is 8.11. The van der Waals surface area contributed by atoms with Gasteiger partial charge in [0.25, 0.3) is 0 Å². The lowest BCUT2D eigenvalue weighted by atomic mass is 9.59. The van der Waals surface area contributed by atoms with E-state index >= 15 is 0 Å². The minimum absolute atomic E-state index is 0.112. The number of hydrogen-bond acceptors (Lipinski definition) is 7. The molecule has 5 atom stereocenters. The van der Waals surface area contributed by atoms with Crippen LogP contribution < -0.4 is 10.6 Å². The molecule has 4 rings (SSSR count). The molecular formula is C22H28N2O6. The van der Waals surface area contributed by atoms with Gasteiger partial charge in [-0.05, 0) is 56.8 Å². The second-order valence-corrected chi connectivity index (χ2v) is 8.11. The summed E-state index contributed by atoms with van der Waals surface area (Å²) in [6, 6.07) is 4.92. The summed E-state index contributed by atoms with van der Waals surface area (Å²) in [4.78, 5) is 38.1. The molecule has 5 unspecified atom stereocenters. The molecule has 0 aliphatic heterocycles. The molecule has 2 saturated carbocycles. The van der Waals surface area contributed by atoms with E-state index in [1.807, 2.05) is 14.1 Å². The van der Waals surface area contributed by atoms with Crippen molar-refractivity contribution in [2.75, 3.05) is 21.1 Å². The van der Waals surface area contributed by atoms with Crippen LogP contribution in [0.2, 0.25) is 0 Å². The van der Waals surface area contributed by atoms with Crippen molar-refractivity contribution in [3.63, 3.8) is 0 Å². The van der Waals surface area contributed by atoms with E-state index in [9.17, 15) is 29.7 Å². The Balaban J connectivity index is 0.000000806. The minimum atomic E-state index is -1.27. The van der Waals surface area contributed by atoms with E-state index in [1.54, 1.807) is 12.1 Å². The van der Waals surface area contributed by atoms with E-state index in [0.29, 0.717) is 12.8 Å². The van der Waals surface area contributed by atoms with Crippen LogP contribution in [0, 0.1) is 23.7 Å². The predicted molar refractivity (Wildman–Crippen MR) is 110 cm³/mol. The van der Waals surface area contributed by atoms with Gasteiger partial charge in [0.1, 0.15) is 17.4 Å². The van der Waals surface area contributed by atoms with E-state index < -0.39 is 35.4 Å². The van der Waals surface area contributed by atoms with Crippen LogP contribution in [0.3, 0.4) is 0 Å². The maximum atomic E-state index is 13.2. The molecule has 1 amide bonds. The van der Waals surface area contributed by atoms with Crippen molar-refractivity contribution in [2.24, 2.45) is 23.7 Å². The van der Waals surface area contributed by atoms with Crippen LogP contribution in [0.25, 0.3) is 5.76 Å². The Kier molecular flexibility index (Phi) is 6.28. The third-order valence-electron chi connectivity index (χ3n) is 6.17. The Morgan fingerprint density at radius 2 is 1.77 bits per heavy atom. The highest BCUT2D eigenvalue weighted by atomic mass is 16.3. The fraction of sp³-hybridized carbons (Fsp3) is 0.500. The van der Waals surface area contributed by atoms with E-state index in [2.05, 4.69) is 10.6 Å². The van der Waals surface area contributed by atoms with E-state index in [0.717, 1.165) is 5.56 Å². The molecule has 3 aliphatic carbocycles. The van der Waals surface area contributed by atoms with Crippen LogP contribution in [-0.4, -0.2) is 60.0 Å². The number of benzene rings is 1. The van der Waals surface area contributed by atoms with Gasteiger partial charge >= 0.3 is 0 Å². The van der Waals surface area contributed by atoms with Gasteiger partial charge in [-0.2, -0.15) is 0 Å². The fourth-order valence-electron chi connectivity index (χ4n) is 5.01. The summed E-state index contributed by atoms with van der Waals surface area (Å²) in [5.41, 5.74) is 1.14. The third-order valence-corrected chi connectivity index (χ3v) is 6.17. The number of ketones is 2. The molecule has 8 heteroatoms. The molecule has 0 spiro atoms. The first kappa shape index (κ1) is 22.0. The summed E-state index contributed by atoms with van der Waals surface area (Å²) >= 11 is 0. The summed E-state index contributed by atoms with van der Waals surface area (Å²) < 4.78 is 0. The number of Topliss-reactive ketones (excluding diaryl/α,β-unsaturated/α-hetero) is 2. The number of allylic oxidation sites excluding steroid dienone is 1. The Morgan fingerprint density at radius 3 is 2.40 bits per heavy atom. The van der Waals surface area contributed by atoms with Crippen molar-refractivity contribution in [3.8, 4) is 5.75 Å². The summed E-state index contributed by atoms with van der Waals surface area (Å²) in [6.07, 6.45) is 0.0122. The quantitative estimate of drug-likeness (QED) is 0.422. The van der Waals surface area contributed by atoms with Crippen molar-refractivity contribution in [2.45, 2.75) is 25.4 Å². The maximum absolute atomic E-state index is 13.2. The third kappa shape index (κ3) is 3.50. The largest absolute Gasteiger partial charge is 0.507 e. The molecule has 1 aromatic rings. The van der Waals surface area contributed by atoms with Crippen LogP contribution in [0.1, 0.15) is 24.0 Å². The molecule has 0 bridgehead atoms. The smallest absolute Gasteiger partial charge is 0.233 e. The van der Waals surface area contributed by atoms with Crippen molar-refractivity contribution < 1.29 is 29.7 Å². The first-order chi connectivity index (χ1) is 14.3. The molecule has 3 aliphatic rings. The van der Waals surface area contributed by atoms with Gasteiger partial charge in [0.2, 0.25) is 5.91 Å². The van der Waals surface area contributed by atoms with Gasteiger partial charge in [-0.3, -0.25) is 14.4 Å². The van der Waals surface area contributed by atoms with Crippen molar-refractivity contribution >= 4 is 23.2 Å². The molecule has 1 aromatic carbocycles. The Labute approximate surface area is 175 Å². The SMILES string of the molecule is CNC.CNC(=O)C1C(=O)C2C(=O)C3=C(O)c4c(O)cccc4CC3CC2CC1O. The first-order valence-electron chi connectivity index (χ1n) is 10.1. The number of phenols is 1. The van der Waals surface area contributed by atoms with E-state index in [-0.39, 0.29) is 40.9 Å². The summed E-state index contributed by atoms with van der Waals surface area (Å²) in [5, 5.41) is 36.3. The number of aromatic hydroxyl groups is 1. The molecule has 0 saturated heterocycles. The topological polar surface area (TPSA) is 136 Å². The zero-order chi connectivity index (χ0) is 22.2. The monoisotopic (exact) mass is 416 g/mol. The van der Waals surface area contributed by atoms with Gasteiger partial charge in [-0.15, -0.1) is 0 Å². The number of amides is 1. The number of phenolic OH excluding ortho intramolecular Hbond substituents is 1. The van der Waals surface area contributed by atoms with Gasteiger partial charge in [0.05, 0.1) is 17.6 Å². The predicted octanol–water partition coefficient (Wildman–Crippen LogP) is 0.570. The van der Waals surface area contributed by atoms with Gasteiger partial charge in [0, 0.05) is 12.6 Å². The normalized spacial score (nSPS) is 29.8. The summed E-state index contributed by atoms with van der Waals surface area (Å²) in [7, 11) is 5.13. The Morgan fingerprint density at radius 1 is 1.10 bits per heavy atom. The van der Waals surface area contributed by atoms with Gasteiger partial charge in [0.15, 0.2) is 11.6 Å². The van der Waals surface area contributed by atoms with Crippen LogP contribution in [0.5, 0.6) is 5.75 Å². The molecule has 8 nitrogen and oxygen atoms in total. The van der Waals surface area contributed by atoms with Gasteiger partial charge < -0.3 is 26.0 Å². The lowest BCUT2D eigenvalue weighted by Gasteiger charge is -2.43. The van der Waals surface area contributed by atoms with Gasteiger partial charge in [-0.25, -0.2) is 0 Å². The van der Waals surface area contributed by atoms with Crippen LogP contribution in [-0.2, 0) is 20.8 Å². The number of hydrogen-bond donors (Lipinski definition) is 5. The van der Waals surface area contributed by atoms with Crippen molar-refractivity contribution in [3.05, 3.63) is 34.9 Å². The molecule has 162 valence electrons. The number of nitrogens with one attached hydrogen (secondary N) is 2. The number of carbonyl (C=O) groups is 3. The number of rotatable bonds is 1. The average molecular weight is 416 g/mol. The molecule has 0 heterocycles. The highest BCUT2D eigenvalue weighted by molar-refractivity contribution is 6.19. The van der Waals surface area contributed by atoms with Crippen LogP contribution in [0.4, 0.5) is 0 Å². The van der Waals surface area contributed by atoms with Gasteiger partial charge in [-0.1, -0.05) is 12.1 Å². The zero-order valence-electron chi connectivity index (χ0n) is 17.3. The van der Waals surface area contributed by atoms with Crippen molar-refractivity contribution in [1.82, 2.24) is 10.6 Å². The van der Waals surface area contributed by atoms with E-state index in [4.69, 9.17) is 0 Å². The average Bonchev–Trinajstić information content (AvgIpc) is 2.67. The number of aliphatic hydroxyl groups excluding tert-OH is 2. The van der Waals surface area contributed by atoms with Crippen LogP contribution in [0.15, 0.2) is 23.8 Å². The lowest BCUT2D eigenvalue weighted by Crippen LogP contribution is -2.55. The number of aliphatic hydroxyl groups is 2. The maximum Gasteiger partial charge on any atom is 0.233 e. The van der Waals surface area contributed by atoms with Crippen molar-refractivity contribution in [1.29, 1.82) is 0 Å². The molecule has 30 heavy (non-hydrogen) atoms. The molecule has 0 aromatic heterocycles. The Hall–Kier alpha value is -2.71. The molecule has 5 N–H and O–H groups in total. The van der Waals surface area contributed by atoms with Crippen LogP contribution >= 0.6 is 0 Å². The highest BCUT2D eigenvalue weighted by Gasteiger charge is 2.54. The zero-order valence-corrected chi connectivity index (χ0v) is 17.3. The number of carbonyl (C=O) groups excluding carboxylic acids is 3. The summed E-state index contributed by atoms with van der Waals surface area (Å²) in [6.45, 7) is 0. The second kappa shape index (κ2) is 8.57. The fourth-order valence-corrected chi connectivity index (χ4v) is 5.01. The Bertz CT molecular complexity index is 909. The minimum Gasteiger partial charge on any atom is -0.507 e. The summed E-state index contributed by atoms with van der Waals surface area (Å²) in [5.74, 6) is -5.03. The van der Waals surface area contributed by atoms with E-state index in [1.165, 1.54) is 13.1 Å². The number of fused-ring (bicyclic) bond motifs is 3. The molecular weight excluding hydrogens is 388 g/mol. The molecule has 2 fully saturated rings. The standard InChI is InChI=1S/C20H21NO6.C2H7N/c1-21-20(27)16-12(23)7-10-6-9-5-8-3-2-4-11(22)13(8)17(24)14(9)18(25)15(10)19(16)26;1-3-2/h2-4,9-10,12,15-16,22-24H,5-7H2,1H3,(H,21,27);3H,1-2H3. The molecule has 0 radical (unpaired) electrons. The first-order valence-corrected chi connectivity index (χ1v) is 10.1.